The Morgan fingerprint density at radius 1 is 0.862 bits per heavy atom. The molecule has 0 unspecified atom stereocenters. The van der Waals surface area contributed by atoms with E-state index >= 15 is 0 Å². The van der Waals surface area contributed by atoms with E-state index in [9.17, 15) is 13.2 Å². The molecule has 0 spiro atoms. The van der Waals surface area contributed by atoms with Gasteiger partial charge >= 0.3 is 0 Å². The molecule has 1 aromatic rings. The maximum atomic E-state index is 12.7. The van der Waals surface area contributed by atoms with Crippen molar-refractivity contribution in [2.45, 2.75) is 62.7 Å². The van der Waals surface area contributed by atoms with Crippen LogP contribution in [0, 0.1) is 0 Å². The van der Waals surface area contributed by atoms with E-state index in [2.05, 4.69) is 10.2 Å². The Hall–Kier alpha value is -1.44. The lowest BCUT2D eigenvalue weighted by Crippen LogP contribution is -2.35. The van der Waals surface area contributed by atoms with Crippen molar-refractivity contribution in [2.75, 3.05) is 39.3 Å². The molecule has 0 radical (unpaired) electrons. The van der Waals surface area contributed by atoms with E-state index in [4.69, 9.17) is 0 Å². The molecule has 162 valence electrons. The van der Waals surface area contributed by atoms with E-state index in [0.717, 1.165) is 44.5 Å². The van der Waals surface area contributed by atoms with Crippen LogP contribution in [0.1, 0.15) is 56.9 Å². The average Bonchev–Trinajstić information content (AvgIpc) is 3.02. The molecule has 0 aromatic heterocycles. The zero-order valence-corrected chi connectivity index (χ0v) is 18.3. The third kappa shape index (κ3) is 6.79. The minimum atomic E-state index is -3.39. The lowest BCUT2D eigenvalue weighted by molar-refractivity contribution is -0.121. The van der Waals surface area contributed by atoms with Gasteiger partial charge in [-0.3, -0.25) is 4.79 Å². The van der Waals surface area contributed by atoms with Crippen molar-refractivity contribution < 1.29 is 13.2 Å². The molecule has 6 nitrogen and oxygen atoms in total. The molecule has 0 saturated carbocycles. The van der Waals surface area contributed by atoms with Crippen LogP contribution in [-0.4, -0.2) is 62.8 Å². The number of likely N-dealkylation sites (tertiary alicyclic amines) is 1. The van der Waals surface area contributed by atoms with Crippen LogP contribution < -0.4 is 5.32 Å². The molecular weight excluding hydrogens is 386 g/mol. The molecule has 1 N–H and O–H groups in total. The van der Waals surface area contributed by atoms with Gasteiger partial charge in [0, 0.05) is 32.6 Å². The smallest absolute Gasteiger partial charge is 0.243 e. The van der Waals surface area contributed by atoms with Crippen LogP contribution >= 0.6 is 0 Å². The van der Waals surface area contributed by atoms with Crippen molar-refractivity contribution in [3.8, 4) is 0 Å². The first kappa shape index (κ1) is 22.2. The maximum Gasteiger partial charge on any atom is 0.243 e. The Morgan fingerprint density at radius 3 is 2.10 bits per heavy atom. The number of piperidine rings is 1. The highest BCUT2D eigenvalue weighted by atomic mass is 32.2. The Labute approximate surface area is 175 Å². The summed E-state index contributed by atoms with van der Waals surface area (Å²) in [6, 6.07) is 7.02. The molecule has 29 heavy (non-hydrogen) atoms. The molecule has 1 aromatic carbocycles. The van der Waals surface area contributed by atoms with E-state index in [-0.39, 0.29) is 5.91 Å². The minimum absolute atomic E-state index is 0.0600. The summed E-state index contributed by atoms with van der Waals surface area (Å²) in [7, 11) is -3.39. The van der Waals surface area contributed by atoms with Crippen LogP contribution in [0.3, 0.4) is 0 Å². The second-order valence-electron chi connectivity index (χ2n) is 8.21. The van der Waals surface area contributed by atoms with Gasteiger partial charge in [0.15, 0.2) is 0 Å². The Kier molecular flexibility index (Phi) is 8.51. The van der Waals surface area contributed by atoms with Gasteiger partial charge in [0.05, 0.1) is 4.90 Å². The fourth-order valence-corrected chi connectivity index (χ4v) is 5.66. The highest BCUT2D eigenvalue weighted by Crippen LogP contribution is 2.21. The van der Waals surface area contributed by atoms with Gasteiger partial charge in [0.1, 0.15) is 0 Å². The summed E-state index contributed by atoms with van der Waals surface area (Å²) in [4.78, 5) is 14.9. The summed E-state index contributed by atoms with van der Waals surface area (Å²) >= 11 is 0. The molecule has 2 fully saturated rings. The molecule has 2 heterocycles. The number of nitrogens with one attached hydrogen (secondary N) is 1. The monoisotopic (exact) mass is 421 g/mol. The third-order valence-corrected chi connectivity index (χ3v) is 7.88. The number of hydrogen-bond acceptors (Lipinski definition) is 4. The number of benzene rings is 1. The van der Waals surface area contributed by atoms with Crippen molar-refractivity contribution in [1.29, 1.82) is 0 Å². The van der Waals surface area contributed by atoms with Gasteiger partial charge in [-0.15, -0.1) is 0 Å². The second-order valence-corrected chi connectivity index (χ2v) is 10.2. The van der Waals surface area contributed by atoms with Gasteiger partial charge in [-0.25, -0.2) is 8.42 Å². The normalized spacial score (nSPS) is 19.6. The third-order valence-electron chi connectivity index (χ3n) is 5.97. The van der Waals surface area contributed by atoms with Crippen LogP contribution in [0.5, 0.6) is 0 Å². The number of nitrogens with zero attached hydrogens (tertiary/aromatic N) is 2. The summed E-state index contributed by atoms with van der Waals surface area (Å²) in [5.41, 5.74) is 0.991. The summed E-state index contributed by atoms with van der Waals surface area (Å²) in [6.45, 7) is 5.13. The molecule has 0 atom stereocenters. The number of sulfonamides is 1. The first-order chi connectivity index (χ1) is 14.1. The maximum absolute atomic E-state index is 12.7. The first-order valence-electron chi connectivity index (χ1n) is 11.1. The predicted molar refractivity (Wildman–Crippen MR) is 115 cm³/mol. The standard InChI is InChI=1S/C22H35N3O3S/c26-22(23-14-19-24-15-4-1-2-5-16-24)13-10-20-8-11-21(12-9-20)29(27,28)25-17-6-3-7-18-25/h8-9,11-12H,1-7,10,13-19H2,(H,23,26). The van der Waals surface area contributed by atoms with E-state index < -0.39 is 10.0 Å². The molecule has 2 aliphatic rings. The van der Waals surface area contributed by atoms with E-state index in [1.807, 2.05) is 12.1 Å². The van der Waals surface area contributed by atoms with Crippen molar-refractivity contribution in [3.05, 3.63) is 29.8 Å². The number of amides is 1. The largest absolute Gasteiger partial charge is 0.355 e. The van der Waals surface area contributed by atoms with Gasteiger partial charge in [-0.05, 0) is 62.9 Å². The minimum Gasteiger partial charge on any atom is -0.355 e. The second kappa shape index (κ2) is 11.1. The number of carbonyl (C=O) groups excluding carboxylic acids is 1. The lowest BCUT2D eigenvalue weighted by atomic mass is 10.1. The zero-order valence-electron chi connectivity index (χ0n) is 17.4. The number of hydrogen-bond donors (Lipinski definition) is 1. The Balaban J connectivity index is 1.40. The van der Waals surface area contributed by atoms with Crippen molar-refractivity contribution in [1.82, 2.24) is 14.5 Å². The van der Waals surface area contributed by atoms with Crippen LogP contribution in [0.2, 0.25) is 0 Å². The van der Waals surface area contributed by atoms with Crippen molar-refractivity contribution in [3.63, 3.8) is 0 Å². The van der Waals surface area contributed by atoms with Gasteiger partial charge < -0.3 is 10.2 Å². The van der Waals surface area contributed by atoms with Gasteiger partial charge in [0.25, 0.3) is 0 Å². The molecule has 2 saturated heterocycles. The highest BCUT2D eigenvalue weighted by Gasteiger charge is 2.25. The van der Waals surface area contributed by atoms with E-state index in [0.29, 0.717) is 37.4 Å². The van der Waals surface area contributed by atoms with Crippen LogP contribution in [0.4, 0.5) is 0 Å². The molecular formula is C22H35N3O3S. The van der Waals surface area contributed by atoms with Gasteiger partial charge in [-0.1, -0.05) is 31.4 Å². The first-order valence-corrected chi connectivity index (χ1v) is 12.6. The number of aryl methyl sites for hydroxylation is 1. The number of carbonyl (C=O) groups is 1. The predicted octanol–water partition coefficient (Wildman–Crippen LogP) is 2.79. The molecule has 7 heteroatoms. The SMILES string of the molecule is O=C(CCc1ccc(S(=O)(=O)N2CCCCC2)cc1)NCCN1CCCCCC1. The summed E-state index contributed by atoms with van der Waals surface area (Å²) < 4.78 is 27.0. The molecule has 0 aliphatic carbocycles. The van der Waals surface area contributed by atoms with Crippen molar-refractivity contribution >= 4 is 15.9 Å². The summed E-state index contributed by atoms with van der Waals surface area (Å²) in [5.74, 6) is 0.0600. The Morgan fingerprint density at radius 2 is 1.45 bits per heavy atom. The van der Waals surface area contributed by atoms with Crippen LogP contribution in [0.15, 0.2) is 29.2 Å². The Bertz CT molecular complexity index is 735. The van der Waals surface area contributed by atoms with E-state index in [1.54, 1.807) is 16.4 Å². The molecule has 2 aliphatic heterocycles. The highest BCUT2D eigenvalue weighted by molar-refractivity contribution is 7.89. The van der Waals surface area contributed by atoms with E-state index in [1.165, 1.54) is 25.7 Å². The van der Waals surface area contributed by atoms with Crippen LogP contribution in [-0.2, 0) is 21.2 Å². The van der Waals surface area contributed by atoms with Gasteiger partial charge in [0.2, 0.25) is 15.9 Å². The topological polar surface area (TPSA) is 69.7 Å². The van der Waals surface area contributed by atoms with Crippen molar-refractivity contribution in [2.24, 2.45) is 0 Å². The zero-order chi connectivity index (χ0) is 20.5. The summed E-state index contributed by atoms with van der Waals surface area (Å²) in [5, 5.41) is 3.02. The fourth-order valence-electron chi connectivity index (χ4n) is 4.14. The number of rotatable bonds is 8. The molecule has 3 rings (SSSR count). The molecule has 1 amide bonds. The lowest BCUT2D eigenvalue weighted by Gasteiger charge is -2.25. The van der Waals surface area contributed by atoms with Crippen LogP contribution in [0.25, 0.3) is 0 Å². The summed E-state index contributed by atoms with van der Waals surface area (Å²) in [6.07, 6.45) is 9.19. The fraction of sp³-hybridized carbons (Fsp3) is 0.682. The quantitative estimate of drug-likeness (QED) is 0.701. The average molecular weight is 422 g/mol. The molecule has 0 bridgehead atoms. The van der Waals surface area contributed by atoms with Gasteiger partial charge in [-0.2, -0.15) is 4.31 Å².